The van der Waals surface area contributed by atoms with Crippen LogP contribution in [0.25, 0.3) is 0 Å². The highest BCUT2D eigenvalue weighted by Crippen LogP contribution is 2.43. The maximum absolute atomic E-state index is 15.2. The summed E-state index contributed by atoms with van der Waals surface area (Å²) in [6.45, 7) is 1.52. The van der Waals surface area contributed by atoms with Crippen LogP contribution in [0.4, 0.5) is 25.0 Å². The average Bonchev–Trinajstić information content (AvgIpc) is 3.49. The second-order valence-corrected chi connectivity index (χ2v) is 13.5. The van der Waals surface area contributed by atoms with E-state index in [0.717, 1.165) is 30.5 Å². The third-order valence-electron chi connectivity index (χ3n) is 7.96. The van der Waals surface area contributed by atoms with Gasteiger partial charge in [-0.15, -0.1) is 0 Å². The number of rotatable bonds is 11. The lowest BCUT2D eigenvalue weighted by atomic mass is 9.92. The largest absolute Gasteiger partial charge is 0.494 e. The number of likely N-dealkylation sites (tertiary alicyclic amines) is 1. The molecule has 0 aliphatic carbocycles. The van der Waals surface area contributed by atoms with E-state index in [1.807, 2.05) is 0 Å². The van der Waals surface area contributed by atoms with Gasteiger partial charge in [-0.2, -0.15) is 0 Å². The fourth-order valence-electron chi connectivity index (χ4n) is 5.60. The molecule has 16 heteroatoms. The van der Waals surface area contributed by atoms with Crippen molar-refractivity contribution in [3.8, 4) is 5.75 Å². The van der Waals surface area contributed by atoms with Gasteiger partial charge in [0.1, 0.15) is 11.9 Å². The lowest BCUT2D eigenvalue weighted by Gasteiger charge is -2.33. The predicted molar refractivity (Wildman–Crippen MR) is 176 cm³/mol. The summed E-state index contributed by atoms with van der Waals surface area (Å²) in [5.41, 5.74) is 5.37. The van der Waals surface area contributed by atoms with Crippen molar-refractivity contribution in [1.82, 2.24) is 9.80 Å². The Bertz CT molecular complexity index is 1890. The number of primary amides is 1. The van der Waals surface area contributed by atoms with Crippen LogP contribution in [0.1, 0.15) is 46.9 Å². The topological polar surface area (TPSA) is 177 Å². The van der Waals surface area contributed by atoms with E-state index in [9.17, 15) is 32.0 Å². The molecule has 0 bridgehead atoms. The number of nitrogens with one attached hydrogen (secondary N) is 2. The minimum atomic E-state index is -3.98. The Morgan fingerprint density at radius 3 is 2.35 bits per heavy atom. The van der Waals surface area contributed by atoms with Crippen molar-refractivity contribution in [2.45, 2.75) is 30.3 Å². The first-order chi connectivity index (χ1) is 23.1. The second-order valence-electron chi connectivity index (χ2n) is 11.5. The van der Waals surface area contributed by atoms with E-state index in [0.29, 0.717) is 0 Å². The number of ether oxygens (including phenoxy) is 2. The van der Waals surface area contributed by atoms with Crippen molar-refractivity contribution in [2.75, 3.05) is 51.2 Å². The zero-order chi connectivity index (χ0) is 36.2. The lowest BCUT2D eigenvalue weighted by molar-refractivity contribution is -0.149. The van der Waals surface area contributed by atoms with Crippen molar-refractivity contribution < 1.29 is 45.9 Å². The summed E-state index contributed by atoms with van der Waals surface area (Å²) in [5.74, 6) is -5.19. The Morgan fingerprint density at radius 1 is 1.04 bits per heavy atom. The number of methoxy groups -OCH3 is 1. The van der Waals surface area contributed by atoms with Gasteiger partial charge in [0, 0.05) is 38.1 Å². The van der Waals surface area contributed by atoms with Crippen LogP contribution in [0.2, 0.25) is 0 Å². The van der Waals surface area contributed by atoms with Crippen LogP contribution < -0.4 is 21.1 Å². The van der Waals surface area contributed by atoms with Crippen LogP contribution in [0.3, 0.4) is 0 Å². The number of nitrogens with two attached hydrogens (primary N) is 1. The van der Waals surface area contributed by atoms with Gasteiger partial charge in [0.15, 0.2) is 21.4 Å². The molecule has 0 aromatic heterocycles. The molecular weight excluding hydrogens is 664 g/mol. The summed E-state index contributed by atoms with van der Waals surface area (Å²) in [6, 6.07) is 7.57. The van der Waals surface area contributed by atoms with Crippen molar-refractivity contribution >= 4 is 45.0 Å². The monoisotopic (exact) mass is 701 g/mol. The molecule has 4 rings (SSSR count). The third kappa shape index (κ3) is 8.08. The fourth-order valence-corrected chi connectivity index (χ4v) is 6.53. The van der Waals surface area contributed by atoms with E-state index in [1.165, 1.54) is 61.3 Å². The van der Waals surface area contributed by atoms with E-state index in [2.05, 4.69) is 10.6 Å². The van der Waals surface area contributed by atoms with Crippen LogP contribution in [0.15, 0.2) is 59.5 Å². The maximum Gasteiger partial charge on any atom is 0.321 e. The van der Waals surface area contributed by atoms with Crippen LogP contribution in [0, 0.1) is 17.6 Å². The van der Waals surface area contributed by atoms with Gasteiger partial charge in [-0.25, -0.2) is 22.0 Å². The first-order valence-corrected chi connectivity index (χ1v) is 16.9. The van der Waals surface area contributed by atoms with Crippen LogP contribution in [-0.4, -0.2) is 82.6 Å². The van der Waals surface area contributed by atoms with Crippen molar-refractivity contribution in [3.05, 3.63) is 82.9 Å². The zero-order valence-corrected chi connectivity index (χ0v) is 28.3. The number of halogens is 2. The summed E-state index contributed by atoms with van der Waals surface area (Å²) >= 11 is 0. The number of esters is 1. The van der Waals surface area contributed by atoms with Gasteiger partial charge in [0.25, 0.3) is 0 Å². The summed E-state index contributed by atoms with van der Waals surface area (Å²) in [7, 11) is 0.261. The Hall–Kier alpha value is -5.25. The number of urea groups is 1. The van der Waals surface area contributed by atoms with E-state index in [4.69, 9.17) is 15.2 Å². The quantitative estimate of drug-likeness (QED) is 0.251. The molecule has 1 aliphatic heterocycles. The lowest BCUT2D eigenvalue weighted by Crippen LogP contribution is -2.40. The molecule has 1 fully saturated rings. The number of amides is 4. The highest BCUT2D eigenvalue weighted by Gasteiger charge is 2.46. The molecule has 4 amide bonds. The molecule has 0 radical (unpaired) electrons. The number of hydrogen-bond acceptors (Lipinski definition) is 9. The molecule has 0 saturated carbocycles. The second kappa shape index (κ2) is 14.9. The van der Waals surface area contributed by atoms with Gasteiger partial charge >= 0.3 is 12.0 Å². The standard InChI is InChI=1S/C33H37F2N5O8S/c1-6-48-32(43)21-13-14-40(29(21)22-17-20(37-33(44)39(2)3)9-12-27(22)49(5,45)46)31(42)28(18-7-11-24(35)26(16-18)47-4)38-25-15-19(30(36)41)8-10-23(25)34/h7-12,15-17,21,28-29,38H,6,13-14H2,1-5H3,(H2,36,41)(H,37,44)/t21-,28+,29+/m0/s1. The summed E-state index contributed by atoms with van der Waals surface area (Å²) in [6.07, 6.45) is 1.02. The van der Waals surface area contributed by atoms with E-state index in [1.54, 1.807) is 6.92 Å². The molecule has 13 nitrogen and oxygen atoms in total. The fraction of sp³-hybridized carbons (Fsp3) is 0.333. The molecule has 0 unspecified atom stereocenters. The Morgan fingerprint density at radius 2 is 1.73 bits per heavy atom. The number of anilines is 2. The first-order valence-electron chi connectivity index (χ1n) is 15.1. The van der Waals surface area contributed by atoms with Gasteiger partial charge in [-0.1, -0.05) is 6.07 Å². The Labute approximate surface area is 282 Å². The minimum absolute atomic E-state index is 0.00288. The van der Waals surface area contributed by atoms with Crippen LogP contribution in [-0.2, 0) is 24.2 Å². The molecule has 3 atom stereocenters. The van der Waals surface area contributed by atoms with Crippen molar-refractivity contribution in [2.24, 2.45) is 11.7 Å². The molecule has 1 aliphatic rings. The first kappa shape index (κ1) is 36.6. The number of nitrogens with zero attached hydrogens (tertiary/aromatic N) is 2. The van der Waals surface area contributed by atoms with E-state index >= 15 is 4.39 Å². The Kier molecular flexibility index (Phi) is 11.1. The van der Waals surface area contributed by atoms with Gasteiger partial charge in [0.2, 0.25) is 11.8 Å². The van der Waals surface area contributed by atoms with Crippen LogP contribution >= 0.6 is 0 Å². The number of benzene rings is 3. The van der Waals surface area contributed by atoms with E-state index < -0.39 is 63.3 Å². The third-order valence-corrected chi connectivity index (χ3v) is 9.13. The summed E-state index contributed by atoms with van der Waals surface area (Å²) < 4.78 is 66.3. The van der Waals surface area contributed by atoms with E-state index in [-0.39, 0.29) is 58.3 Å². The zero-order valence-electron chi connectivity index (χ0n) is 27.5. The molecule has 3 aromatic carbocycles. The molecule has 1 heterocycles. The van der Waals surface area contributed by atoms with Crippen molar-refractivity contribution in [3.63, 3.8) is 0 Å². The molecule has 4 N–H and O–H groups in total. The number of hydrogen-bond donors (Lipinski definition) is 3. The molecule has 262 valence electrons. The SMILES string of the molecule is CCOC(=O)[C@H]1CCN(C(=O)[C@H](Nc2cc(C(N)=O)ccc2F)c2ccc(F)c(OC)c2)[C@H]1c1cc(NC(=O)N(C)C)ccc1S(C)(=O)=O. The number of carbonyl (C=O) groups is 4. The smallest absolute Gasteiger partial charge is 0.321 e. The molecule has 1 saturated heterocycles. The average molecular weight is 702 g/mol. The minimum Gasteiger partial charge on any atom is -0.494 e. The summed E-state index contributed by atoms with van der Waals surface area (Å²) in [4.78, 5) is 54.8. The van der Waals surface area contributed by atoms with Crippen molar-refractivity contribution in [1.29, 1.82) is 0 Å². The highest BCUT2D eigenvalue weighted by molar-refractivity contribution is 7.90. The van der Waals surface area contributed by atoms with Gasteiger partial charge in [-0.3, -0.25) is 14.4 Å². The van der Waals surface area contributed by atoms with Crippen LogP contribution in [0.5, 0.6) is 5.75 Å². The van der Waals surface area contributed by atoms with Gasteiger partial charge in [0.05, 0.1) is 36.3 Å². The Balaban J connectivity index is 1.92. The maximum atomic E-state index is 15.2. The molecular formula is C33H37F2N5O8S. The molecule has 0 spiro atoms. The summed E-state index contributed by atoms with van der Waals surface area (Å²) in [5, 5.41) is 5.44. The van der Waals surface area contributed by atoms with Gasteiger partial charge in [-0.05, 0) is 73.0 Å². The predicted octanol–water partition coefficient (Wildman–Crippen LogP) is 3.88. The molecule has 3 aromatic rings. The normalized spacial score (nSPS) is 16.4. The number of carbonyl (C=O) groups excluding carboxylic acids is 4. The number of sulfone groups is 1. The molecule has 49 heavy (non-hydrogen) atoms. The highest BCUT2D eigenvalue weighted by atomic mass is 32.2. The van der Waals surface area contributed by atoms with Gasteiger partial charge < -0.3 is 35.6 Å².